The highest BCUT2D eigenvalue weighted by atomic mass is 79.9. The summed E-state index contributed by atoms with van der Waals surface area (Å²) in [7, 11) is 0. The molecule has 3 nitrogen and oxygen atoms in total. The molecule has 0 unspecified atom stereocenters. The molecular formula is C21H16BrNO2S2. The van der Waals surface area contributed by atoms with Crippen molar-refractivity contribution >= 4 is 56.2 Å². The van der Waals surface area contributed by atoms with Gasteiger partial charge in [0.05, 0.1) is 4.91 Å². The van der Waals surface area contributed by atoms with E-state index in [-0.39, 0.29) is 12.5 Å². The van der Waals surface area contributed by atoms with Crippen LogP contribution in [0.2, 0.25) is 0 Å². The Morgan fingerprint density at radius 3 is 2.78 bits per heavy atom. The van der Waals surface area contributed by atoms with Crippen molar-refractivity contribution in [2.75, 3.05) is 13.2 Å². The van der Waals surface area contributed by atoms with Crippen LogP contribution in [0.5, 0.6) is 5.75 Å². The van der Waals surface area contributed by atoms with Crippen molar-refractivity contribution in [1.29, 1.82) is 0 Å². The van der Waals surface area contributed by atoms with E-state index < -0.39 is 0 Å². The predicted molar refractivity (Wildman–Crippen MR) is 118 cm³/mol. The molecule has 0 atom stereocenters. The van der Waals surface area contributed by atoms with Gasteiger partial charge < -0.3 is 4.74 Å². The highest BCUT2D eigenvalue weighted by Crippen LogP contribution is 2.35. The lowest BCUT2D eigenvalue weighted by molar-refractivity contribution is -0.122. The van der Waals surface area contributed by atoms with E-state index >= 15 is 0 Å². The zero-order valence-corrected chi connectivity index (χ0v) is 17.6. The Balaban J connectivity index is 1.78. The van der Waals surface area contributed by atoms with Gasteiger partial charge in [-0.25, -0.2) is 0 Å². The van der Waals surface area contributed by atoms with E-state index in [1.54, 1.807) is 11.0 Å². The smallest absolute Gasteiger partial charge is 0.266 e. The molecule has 0 spiro atoms. The van der Waals surface area contributed by atoms with Gasteiger partial charge in [-0.2, -0.15) is 0 Å². The molecule has 0 aromatic heterocycles. The second-order valence-corrected chi connectivity index (χ2v) is 8.34. The number of terminal acetylenes is 1. The predicted octanol–water partition coefficient (Wildman–Crippen LogP) is 4.91. The molecule has 2 aromatic carbocycles. The molecule has 1 fully saturated rings. The van der Waals surface area contributed by atoms with Crippen molar-refractivity contribution < 1.29 is 9.53 Å². The van der Waals surface area contributed by atoms with Gasteiger partial charge in [0.1, 0.15) is 16.7 Å². The molecule has 0 radical (unpaired) electrons. The molecular weight excluding hydrogens is 442 g/mol. The van der Waals surface area contributed by atoms with Crippen LogP contribution in [-0.2, 0) is 11.2 Å². The van der Waals surface area contributed by atoms with E-state index in [1.165, 1.54) is 17.3 Å². The van der Waals surface area contributed by atoms with Crippen LogP contribution in [0, 0.1) is 12.3 Å². The minimum atomic E-state index is -0.0798. The average molecular weight is 458 g/mol. The number of thioether (sulfide) groups is 1. The topological polar surface area (TPSA) is 29.5 Å². The van der Waals surface area contributed by atoms with Crippen LogP contribution in [0.25, 0.3) is 6.08 Å². The number of carbonyl (C=O) groups is 1. The van der Waals surface area contributed by atoms with Crippen LogP contribution in [-0.4, -0.2) is 28.3 Å². The first-order chi connectivity index (χ1) is 13.1. The van der Waals surface area contributed by atoms with Crippen molar-refractivity contribution in [3.63, 3.8) is 0 Å². The van der Waals surface area contributed by atoms with E-state index in [0.717, 1.165) is 16.5 Å². The third kappa shape index (κ3) is 5.01. The van der Waals surface area contributed by atoms with Gasteiger partial charge in [0.25, 0.3) is 5.91 Å². The van der Waals surface area contributed by atoms with Gasteiger partial charge in [-0.15, -0.1) is 6.42 Å². The van der Waals surface area contributed by atoms with E-state index in [9.17, 15) is 4.79 Å². The second kappa shape index (κ2) is 9.23. The maximum Gasteiger partial charge on any atom is 0.266 e. The Morgan fingerprint density at radius 1 is 1.26 bits per heavy atom. The second-order valence-electron chi connectivity index (χ2n) is 5.74. The molecule has 0 bridgehead atoms. The Hall–Kier alpha value is -2.07. The van der Waals surface area contributed by atoms with E-state index in [0.29, 0.717) is 21.5 Å². The van der Waals surface area contributed by atoms with Crippen LogP contribution in [0.15, 0.2) is 57.9 Å². The number of ether oxygens (including phenoxy) is 1. The highest BCUT2D eigenvalue weighted by molar-refractivity contribution is 9.10. The lowest BCUT2D eigenvalue weighted by atomic mass is 10.1. The Bertz CT molecular complexity index is 935. The average Bonchev–Trinajstić information content (AvgIpc) is 2.93. The van der Waals surface area contributed by atoms with Crippen LogP contribution < -0.4 is 4.74 Å². The maximum atomic E-state index is 12.8. The number of rotatable bonds is 6. The number of hydrogen-bond acceptors (Lipinski definition) is 4. The van der Waals surface area contributed by atoms with Crippen molar-refractivity contribution in [3.8, 4) is 18.1 Å². The summed E-state index contributed by atoms with van der Waals surface area (Å²) in [5, 5.41) is 0. The molecule has 1 amide bonds. The molecule has 0 aliphatic carbocycles. The van der Waals surface area contributed by atoms with Gasteiger partial charge in [0.2, 0.25) is 0 Å². The fraction of sp³-hybridized carbons (Fsp3) is 0.143. The molecule has 1 aliphatic rings. The third-order valence-electron chi connectivity index (χ3n) is 3.91. The van der Waals surface area contributed by atoms with Crippen molar-refractivity contribution in [1.82, 2.24) is 4.90 Å². The monoisotopic (exact) mass is 457 g/mol. The van der Waals surface area contributed by atoms with E-state index in [2.05, 4.69) is 21.9 Å². The first-order valence-corrected chi connectivity index (χ1v) is 10.3. The third-order valence-corrected chi connectivity index (χ3v) is 5.78. The van der Waals surface area contributed by atoms with Crippen LogP contribution in [0.1, 0.15) is 11.1 Å². The van der Waals surface area contributed by atoms with Gasteiger partial charge in [-0.3, -0.25) is 9.69 Å². The molecule has 0 N–H and O–H groups in total. The molecule has 1 aliphatic heterocycles. The van der Waals surface area contributed by atoms with Crippen molar-refractivity contribution in [2.24, 2.45) is 0 Å². The number of amides is 1. The number of benzene rings is 2. The first-order valence-electron chi connectivity index (χ1n) is 8.23. The quantitative estimate of drug-likeness (QED) is 0.350. The van der Waals surface area contributed by atoms with Gasteiger partial charge in [0, 0.05) is 16.6 Å². The molecule has 1 saturated heterocycles. The summed E-state index contributed by atoms with van der Waals surface area (Å²) >= 11 is 10.2. The summed E-state index contributed by atoms with van der Waals surface area (Å²) in [6.45, 7) is 0.728. The minimum absolute atomic E-state index is 0.0798. The molecule has 1 heterocycles. The molecule has 27 heavy (non-hydrogen) atoms. The Kier molecular flexibility index (Phi) is 6.73. The van der Waals surface area contributed by atoms with Crippen molar-refractivity contribution in [3.05, 3.63) is 69.0 Å². The number of halogens is 1. The maximum absolute atomic E-state index is 12.8. The normalized spacial score (nSPS) is 15.3. The fourth-order valence-electron chi connectivity index (χ4n) is 2.60. The fourth-order valence-corrected chi connectivity index (χ4v) is 4.28. The summed E-state index contributed by atoms with van der Waals surface area (Å²) in [6, 6.07) is 15.6. The van der Waals surface area contributed by atoms with Crippen LogP contribution >= 0.6 is 39.9 Å². The zero-order valence-electron chi connectivity index (χ0n) is 14.4. The van der Waals surface area contributed by atoms with E-state index in [1.807, 2.05) is 48.5 Å². The van der Waals surface area contributed by atoms with E-state index in [4.69, 9.17) is 23.4 Å². The molecule has 3 rings (SSSR count). The number of carbonyl (C=O) groups excluding carboxylic acids is 1. The highest BCUT2D eigenvalue weighted by Gasteiger charge is 2.31. The largest absolute Gasteiger partial charge is 0.480 e. The van der Waals surface area contributed by atoms with Crippen molar-refractivity contribution in [2.45, 2.75) is 6.42 Å². The van der Waals surface area contributed by atoms with Crippen LogP contribution in [0.3, 0.4) is 0 Å². The lowest BCUT2D eigenvalue weighted by Crippen LogP contribution is -2.30. The number of hydrogen-bond donors (Lipinski definition) is 0. The lowest BCUT2D eigenvalue weighted by Gasteiger charge is -2.14. The molecule has 2 aromatic rings. The van der Waals surface area contributed by atoms with Crippen LogP contribution in [0.4, 0.5) is 0 Å². The van der Waals surface area contributed by atoms with Gasteiger partial charge in [-0.1, -0.05) is 76.2 Å². The summed E-state index contributed by atoms with van der Waals surface area (Å²) in [6.07, 6.45) is 7.84. The summed E-state index contributed by atoms with van der Waals surface area (Å²) in [4.78, 5) is 15.0. The number of thiocarbonyl (C=S) groups is 1. The summed E-state index contributed by atoms with van der Waals surface area (Å²) < 4.78 is 7.04. The standard InChI is InChI=1S/C21H16BrNO2S2/c1-2-12-25-18-9-8-17(22)13-16(18)14-19-20(24)23(21(26)27-19)11-10-15-6-4-3-5-7-15/h1,3-9,13-14H,10-12H2/b19-14+. The molecule has 6 heteroatoms. The molecule has 0 saturated carbocycles. The molecule has 136 valence electrons. The summed E-state index contributed by atoms with van der Waals surface area (Å²) in [5.41, 5.74) is 1.95. The van der Waals surface area contributed by atoms with Gasteiger partial charge in [0.15, 0.2) is 0 Å². The minimum Gasteiger partial charge on any atom is -0.480 e. The van der Waals surface area contributed by atoms with Gasteiger partial charge >= 0.3 is 0 Å². The zero-order chi connectivity index (χ0) is 19.2. The SMILES string of the molecule is C#CCOc1ccc(Br)cc1/C=C1/SC(=S)N(CCc2ccccc2)C1=O. The Labute approximate surface area is 176 Å². The number of nitrogens with zero attached hydrogens (tertiary/aromatic N) is 1. The van der Waals surface area contributed by atoms with Gasteiger partial charge in [-0.05, 0) is 36.3 Å². The Morgan fingerprint density at radius 2 is 2.04 bits per heavy atom. The first kappa shape index (κ1) is 19.7. The summed E-state index contributed by atoms with van der Waals surface area (Å²) in [5.74, 6) is 3.00.